The third kappa shape index (κ3) is 2.03. The molecule has 0 radical (unpaired) electrons. The number of aromatic carboxylic acids is 1. The minimum Gasteiger partial charge on any atom is -0.477 e. The number of fused-ring (bicyclic) bond motifs is 2. The fourth-order valence-electron chi connectivity index (χ4n) is 4.04. The van der Waals surface area contributed by atoms with Gasteiger partial charge in [0.25, 0.3) is 5.91 Å². The Morgan fingerprint density at radius 2 is 2.08 bits per heavy atom. The molecule has 0 aliphatic heterocycles. The number of aromatic amines is 1. The lowest BCUT2D eigenvalue weighted by atomic mass is 9.97. The summed E-state index contributed by atoms with van der Waals surface area (Å²) in [5, 5.41) is 12.3. The summed E-state index contributed by atoms with van der Waals surface area (Å²) >= 11 is 0. The standard InChI is InChI=1S/C19H16N2O4/c22-17(13-7-14-15(20-13)12(9-25-14)18(23)24)21-16-11-4-2-1-3-10(11)8-19(16)5-6-19/h1-4,7,9,16,20H,5-6,8H2,(H,21,22)(H,23,24). The molecule has 2 aliphatic carbocycles. The van der Waals surface area contributed by atoms with E-state index in [1.54, 1.807) is 6.07 Å². The Hall–Kier alpha value is -3.02. The normalized spacial score (nSPS) is 19.9. The van der Waals surface area contributed by atoms with Crippen LogP contribution in [-0.4, -0.2) is 22.0 Å². The Morgan fingerprint density at radius 1 is 1.28 bits per heavy atom. The van der Waals surface area contributed by atoms with Gasteiger partial charge in [-0.25, -0.2) is 4.79 Å². The van der Waals surface area contributed by atoms with Gasteiger partial charge in [0.1, 0.15) is 17.5 Å². The van der Waals surface area contributed by atoms with E-state index in [9.17, 15) is 9.59 Å². The summed E-state index contributed by atoms with van der Waals surface area (Å²) < 4.78 is 5.23. The average molecular weight is 336 g/mol. The summed E-state index contributed by atoms with van der Waals surface area (Å²) in [6.07, 6.45) is 4.41. The molecule has 25 heavy (non-hydrogen) atoms. The number of carbonyl (C=O) groups is 2. The molecule has 126 valence electrons. The number of H-pyrrole nitrogens is 1. The third-order valence-electron chi connectivity index (χ3n) is 5.52. The van der Waals surface area contributed by atoms with Crippen LogP contribution in [0.15, 0.2) is 41.0 Å². The fraction of sp³-hybridized carbons (Fsp3) is 0.263. The van der Waals surface area contributed by atoms with Gasteiger partial charge in [-0.15, -0.1) is 0 Å². The Kier molecular flexibility index (Phi) is 2.72. The van der Waals surface area contributed by atoms with E-state index in [-0.39, 0.29) is 22.9 Å². The largest absolute Gasteiger partial charge is 0.477 e. The topological polar surface area (TPSA) is 95.3 Å². The van der Waals surface area contributed by atoms with Crippen LogP contribution in [0.1, 0.15) is 50.9 Å². The van der Waals surface area contributed by atoms with Gasteiger partial charge in [-0.2, -0.15) is 0 Å². The molecule has 1 aromatic carbocycles. The molecule has 0 bridgehead atoms. The van der Waals surface area contributed by atoms with E-state index < -0.39 is 5.97 Å². The Labute approximate surface area is 142 Å². The molecule has 2 aromatic heterocycles. The number of nitrogens with one attached hydrogen (secondary N) is 2. The summed E-state index contributed by atoms with van der Waals surface area (Å²) in [7, 11) is 0. The first-order valence-electron chi connectivity index (χ1n) is 8.30. The van der Waals surface area contributed by atoms with Gasteiger partial charge in [0.2, 0.25) is 0 Å². The number of amides is 1. The van der Waals surface area contributed by atoms with Crippen molar-refractivity contribution in [2.45, 2.75) is 25.3 Å². The lowest BCUT2D eigenvalue weighted by Crippen LogP contribution is -2.32. The maximum absolute atomic E-state index is 12.7. The second-order valence-electron chi connectivity index (χ2n) is 7.02. The molecule has 3 N–H and O–H groups in total. The van der Waals surface area contributed by atoms with Crippen molar-refractivity contribution < 1.29 is 19.1 Å². The molecule has 1 fully saturated rings. The number of rotatable bonds is 3. The molecule has 2 heterocycles. The number of hydrogen-bond donors (Lipinski definition) is 3. The fourth-order valence-corrected chi connectivity index (χ4v) is 4.04. The zero-order chi connectivity index (χ0) is 17.2. The molecule has 1 spiro atoms. The highest BCUT2D eigenvalue weighted by Crippen LogP contribution is 2.61. The summed E-state index contributed by atoms with van der Waals surface area (Å²) in [4.78, 5) is 26.8. The van der Waals surface area contributed by atoms with E-state index in [2.05, 4.69) is 22.4 Å². The first-order chi connectivity index (χ1) is 12.1. The van der Waals surface area contributed by atoms with Gasteiger partial charge in [0.05, 0.1) is 11.6 Å². The number of aromatic nitrogens is 1. The number of furan rings is 1. The Bertz CT molecular complexity index is 1030. The van der Waals surface area contributed by atoms with Crippen LogP contribution in [-0.2, 0) is 6.42 Å². The second kappa shape index (κ2) is 4.75. The van der Waals surface area contributed by atoms with Crippen molar-refractivity contribution in [3.63, 3.8) is 0 Å². The summed E-state index contributed by atoms with van der Waals surface area (Å²) in [5.74, 6) is -1.33. The van der Waals surface area contributed by atoms with E-state index in [0.29, 0.717) is 16.8 Å². The maximum atomic E-state index is 12.7. The lowest BCUT2D eigenvalue weighted by Gasteiger charge is -2.21. The molecule has 1 saturated carbocycles. The van der Waals surface area contributed by atoms with Crippen LogP contribution in [0.5, 0.6) is 0 Å². The first kappa shape index (κ1) is 14.3. The quantitative estimate of drug-likeness (QED) is 0.684. The Morgan fingerprint density at radius 3 is 2.84 bits per heavy atom. The van der Waals surface area contributed by atoms with E-state index in [1.807, 2.05) is 12.1 Å². The van der Waals surface area contributed by atoms with E-state index in [4.69, 9.17) is 9.52 Å². The average Bonchev–Trinajstić information content (AvgIpc) is 2.94. The minimum atomic E-state index is -1.09. The third-order valence-corrected chi connectivity index (χ3v) is 5.52. The van der Waals surface area contributed by atoms with Crippen LogP contribution in [0.2, 0.25) is 0 Å². The SMILES string of the molecule is O=C(NC1c2ccccc2CC12CC2)c1cc2occ(C(=O)O)c2[nH]1. The van der Waals surface area contributed by atoms with E-state index in [0.717, 1.165) is 19.3 Å². The molecule has 6 heteroatoms. The monoisotopic (exact) mass is 336 g/mol. The zero-order valence-corrected chi connectivity index (χ0v) is 13.3. The van der Waals surface area contributed by atoms with Crippen molar-refractivity contribution in [1.29, 1.82) is 0 Å². The predicted molar refractivity (Wildman–Crippen MR) is 89.5 cm³/mol. The number of benzene rings is 1. The van der Waals surface area contributed by atoms with Gasteiger partial charge < -0.3 is 19.8 Å². The van der Waals surface area contributed by atoms with Crippen molar-refractivity contribution in [3.8, 4) is 0 Å². The molecular weight excluding hydrogens is 320 g/mol. The van der Waals surface area contributed by atoms with Crippen molar-refractivity contribution in [2.24, 2.45) is 5.41 Å². The van der Waals surface area contributed by atoms with Crippen LogP contribution in [0.3, 0.4) is 0 Å². The highest BCUT2D eigenvalue weighted by atomic mass is 16.4. The number of hydrogen-bond acceptors (Lipinski definition) is 3. The molecule has 1 atom stereocenters. The molecule has 1 amide bonds. The lowest BCUT2D eigenvalue weighted by molar-refractivity contribution is 0.0697. The van der Waals surface area contributed by atoms with Crippen LogP contribution < -0.4 is 5.32 Å². The minimum absolute atomic E-state index is 0.00439. The Balaban J connectivity index is 1.47. The van der Waals surface area contributed by atoms with Gasteiger partial charge in [-0.05, 0) is 35.8 Å². The smallest absolute Gasteiger partial charge is 0.341 e. The van der Waals surface area contributed by atoms with Crippen LogP contribution in [0.4, 0.5) is 0 Å². The van der Waals surface area contributed by atoms with Crippen molar-refractivity contribution in [3.05, 3.63) is 59.0 Å². The molecular formula is C19H16N2O4. The number of carboxylic acid groups (broad SMARTS) is 1. The van der Waals surface area contributed by atoms with Gasteiger partial charge in [0, 0.05) is 6.07 Å². The highest BCUT2D eigenvalue weighted by molar-refractivity contribution is 6.04. The van der Waals surface area contributed by atoms with Gasteiger partial charge >= 0.3 is 5.97 Å². The molecule has 3 aromatic rings. The van der Waals surface area contributed by atoms with Crippen molar-refractivity contribution in [2.75, 3.05) is 0 Å². The molecule has 5 rings (SSSR count). The van der Waals surface area contributed by atoms with Crippen molar-refractivity contribution in [1.82, 2.24) is 10.3 Å². The zero-order valence-electron chi connectivity index (χ0n) is 13.3. The summed E-state index contributed by atoms with van der Waals surface area (Å²) in [5.41, 5.74) is 3.70. The molecule has 6 nitrogen and oxygen atoms in total. The van der Waals surface area contributed by atoms with Crippen molar-refractivity contribution >= 4 is 23.0 Å². The van der Waals surface area contributed by atoms with Gasteiger partial charge in [-0.3, -0.25) is 4.79 Å². The molecule has 1 unspecified atom stereocenters. The molecule has 0 saturated heterocycles. The first-order valence-corrected chi connectivity index (χ1v) is 8.30. The second-order valence-corrected chi connectivity index (χ2v) is 7.02. The summed E-state index contributed by atoms with van der Waals surface area (Å²) in [6.45, 7) is 0. The number of carboxylic acids is 1. The van der Waals surface area contributed by atoms with Gasteiger partial charge in [0.15, 0.2) is 5.58 Å². The summed E-state index contributed by atoms with van der Waals surface area (Å²) in [6, 6.07) is 9.80. The number of carbonyl (C=O) groups excluding carboxylic acids is 1. The predicted octanol–water partition coefficient (Wildman–Crippen LogP) is 3.27. The van der Waals surface area contributed by atoms with Gasteiger partial charge in [-0.1, -0.05) is 24.3 Å². The van der Waals surface area contributed by atoms with E-state index in [1.165, 1.54) is 17.4 Å². The van der Waals surface area contributed by atoms with Crippen LogP contribution in [0.25, 0.3) is 11.1 Å². The highest BCUT2D eigenvalue weighted by Gasteiger charge is 2.54. The van der Waals surface area contributed by atoms with Crippen LogP contribution >= 0.6 is 0 Å². The van der Waals surface area contributed by atoms with Crippen LogP contribution in [0, 0.1) is 5.41 Å². The molecule has 2 aliphatic rings. The van der Waals surface area contributed by atoms with E-state index >= 15 is 0 Å². The maximum Gasteiger partial charge on any atom is 0.341 e.